The van der Waals surface area contributed by atoms with Crippen LogP contribution in [0.4, 0.5) is 24.5 Å². The van der Waals surface area contributed by atoms with Gasteiger partial charge in [-0.25, -0.2) is 0 Å². The SMILES string of the molecule is CCC(C)(C)C(=O)Oc1ccc(/N=N/c2ccc(C(F)(F)F)cc2)cc1. The Morgan fingerprint density at radius 3 is 1.81 bits per heavy atom. The molecule has 0 radical (unpaired) electrons. The first-order valence-electron chi connectivity index (χ1n) is 8.03. The Morgan fingerprint density at radius 2 is 1.38 bits per heavy atom. The Hall–Kier alpha value is -2.70. The second-order valence-corrected chi connectivity index (χ2v) is 6.37. The van der Waals surface area contributed by atoms with Crippen LogP contribution in [0.3, 0.4) is 0 Å². The van der Waals surface area contributed by atoms with Gasteiger partial charge in [-0.05, 0) is 68.8 Å². The van der Waals surface area contributed by atoms with Gasteiger partial charge in [0.25, 0.3) is 0 Å². The Bertz CT molecular complexity index is 780. The molecule has 0 spiro atoms. The van der Waals surface area contributed by atoms with E-state index in [-0.39, 0.29) is 5.97 Å². The molecule has 4 nitrogen and oxygen atoms in total. The zero-order valence-electron chi connectivity index (χ0n) is 14.7. The summed E-state index contributed by atoms with van der Waals surface area (Å²) in [6.45, 7) is 5.52. The normalized spacial score (nSPS) is 12.4. The lowest BCUT2D eigenvalue weighted by Crippen LogP contribution is -2.28. The van der Waals surface area contributed by atoms with Gasteiger partial charge in [0, 0.05) is 0 Å². The van der Waals surface area contributed by atoms with Gasteiger partial charge < -0.3 is 4.74 Å². The average Bonchev–Trinajstić information content (AvgIpc) is 2.60. The minimum Gasteiger partial charge on any atom is -0.426 e. The molecular weight excluding hydrogens is 345 g/mol. The fourth-order valence-electron chi connectivity index (χ4n) is 1.80. The molecule has 0 amide bonds. The molecular formula is C19H19F3N2O2. The molecule has 2 rings (SSSR count). The largest absolute Gasteiger partial charge is 0.426 e. The number of carbonyl (C=O) groups is 1. The van der Waals surface area contributed by atoms with Crippen LogP contribution in [0.15, 0.2) is 58.8 Å². The van der Waals surface area contributed by atoms with Crippen molar-refractivity contribution in [1.29, 1.82) is 0 Å². The number of benzene rings is 2. The van der Waals surface area contributed by atoms with E-state index in [0.29, 0.717) is 23.5 Å². The minimum absolute atomic E-state index is 0.304. The van der Waals surface area contributed by atoms with Crippen molar-refractivity contribution >= 4 is 17.3 Å². The molecule has 26 heavy (non-hydrogen) atoms. The summed E-state index contributed by atoms with van der Waals surface area (Å²) in [4.78, 5) is 12.0. The van der Waals surface area contributed by atoms with Gasteiger partial charge in [-0.1, -0.05) is 6.92 Å². The van der Waals surface area contributed by atoms with Gasteiger partial charge in [0.05, 0.1) is 22.4 Å². The van der Waals surface area contributed by atoms with Crippen LogP contribution in [-0.4, -0.2) is 5.97 Å². The van der Waals surface area contributed by atoms with Crippen LogP contribution in [0.2, 0.25) is 0 Å². The summed E-state index contributed by atoms with van der Waals surface area (Å²) >= 11 is 0. The number of halogens is 3. The summed E-state index contributed by atoms with van der Waals surface area (Å²) in [5.74, 6) is 0.0733. The van der Waals surface area contributed by atoms with E-state index >= 15 is 0 Å². The van der Waals surface area contributed by atoms with Gasteiger partial charge in [0.15, 0.2) is 0 Å². The van der Waals surface area contributed by atoms with Crippen molar-refractivity contribution in [3.05, 3.63) is 54.1 Å². The summed E-state index contributed by atoms with van der Waals surface area (Å²) in [5, 5.41) is 7.85. The first kappa shape index (κ1) is 19.6. The molecule has 0 aliphatic heterocycles. The maximum atomic E-state index is 12.5. The highest BCUT2D eigenvalue weighted by Gasteiger charge is 2.30. The lowest BCUT2D eigenvalue weighted by atomic mass is 9.91. The second kappa shape index (κ2) is 7.68. The summed E-state index contributed by atoms with van der Waals surface area (Å²) < 4.78 is 42.8. The van der Waals surface area contributed by atoms with Crippen LogP contribution in [0.25, 0.3) is 0 Å². The average molecular weight is 364 g/mol. The molecule has 0 heterocycles. The number of carbonyl (C=O) groups excluding carboxylic acids is 1. The third-order valence-electron chi connectivity index (χ3n) is 3.96. The third kappa shape index (κ3) is 5.15. The smallest absolute Gasteiger partial charge is 0.416 e. The first-order valence-corrected chi connectivity index (χ1v) is 8.03. The fraction of sp³-hybridized carbons (Fsp3) is 0.316. The van der Waals surface area contributed by atoms with E-state index < -0.39 is 17.2 Å². The van der Waals surface area contributed by atoms with Crippen LogP contribution < -0.4 is 4.74 Å². The lowest BCUT2D eigenvalue weighted by Gasteiger charge is -2.19. The van der Waals surface area contributed by atoms with E-state index in [9.17, 15) is 18.0 Å². The van der Waals surface area contributed by atoms with Crippen molar-refractivity contribution < 1.29 is 22.7 Å². The van der Waals surface area contributed by atoms with Crippen molar-refractivity contribution in [3.8, 4) is 5.75 Å². The molecule has 0 saturated heterocycles. The van der Waals surface area contributed by atoms with E-state index in [2.05, 4.69) is 10.2 Å². The van der Waals surface area contributed by atoms with Gasteiger partial charge in [-0.2, -0.15) is 23.4 Å². The van der Waals surface area contributed by atoms with E-state index in [0.717, 1.165) is 12.1 Å². The monoisotopic (exact) mass is 364 g/mol. The maximum absolute atomic E-state index is 12.5. The van der Waals surface area contributed by atoms with Crippen LogP contribution in [-0.2, 0) is 11.0 Å². The van der Waals surface area contributed by atoms with Crippen LogP contribution in [0.1, 0.15) is 32.8 Å². The van der Waals surface area contributed by atoms with Crippen LogP contribution in [0.5, 0.6) is 5.75 Å². The topological polar surface area (TPSA) is 51.0 Å². The van der Waals surface area contributed by atoms with Crippen molar-refractivity contribution in [2.24, 2.45) is 15.6 Å². The van der Waals surface area contributed by atoms with Crippen molar-refractivity contribution in [2.45, 2.75) is 33.4 Å². The predicted molar refractivity (Wildman–Crippen MR) is 91.8 cm³/mol. The lowest BCUT2D eigenvalue weighted by molar-refractivity contribution is -0.144. The van der Waals surface area contributed by atoms with E-state index in [1.807, 2.05) is 20.8 Å². The molecule has 0 aliphatic carbocycles. The van der Waals surface area contributed by atoms with Crippen molar-refractivity contribution in [1.82, 2.24) is 0 Å². The number of rotatable bonds is 5. The van der Waals surface area contributed by atoms with Crippen molar-refractivity contribution in [3.63, 3.8) is 0 Å². The van der Waals surface area contributed by atoms with Gasteiger partial charge in [0.1, 0.15) is 5.75 Å². The van der Waals surface area contributed by atoms with E-state index in [4.69, 9.17) is 4.74 Å². The summed E-state index contributed by atoms with van der Waals surface area (Å²) in [6, 6.07) is 10.8. The quantitative estimate of drug-likeness (QED) is 0.347. The number of ether oxygens (including phenoxy) is 1. The zero-order chi connectivity index (χ0) is 19.4. The summed E-state index contributed by atoms with van der Waals surface area (Å²) in [7, 11) is 0. The van der Waals surface area contributed by atoms with Gasteiger partial charge in [-0.3, -0.25) is 4.79 Å². The molecule has 2 aromatic rings. The molecule has 2 aromatic carbocycles. The second-order valence-electron chi connectivity index (χ2n) is 6.37. The molecule has 0 atom stereocenters. The van der Waals surface area contributed by atoms with Gasteiger partial charge >= 0.3 is 12.1 Å². The number of azo groups is 1. The van der Waals surface area contributed by atoms with Crippen LogP contribution in [0, 0.1) is 5.41 Å². The summed E-state index contributed by atoms with van der Waals surface area (Å²) in [6.07, 6.45) is -3.72. The minimum atomic E-state index is -4.38. The Balaban J connectivity index is 2.03. The van der Waals surface area contributed by atoms with E-state index in [1.165, 1.54) is 12.1 Å². The molecule has 0 saturated carbocycles. The Morgan fingerprint density at radius 1 is 0.923 bits per heavy atom. The number of nitrogens with zero attached hydrogens (tertiary/aromatic N) is 2. The molecule has 0 N–H and O–H groups in total. The highest BCUT2D eigenvalue weighted by atomic mass is 19.4. The molecule has 0 aliphatic rings. The third-order valence-corrected chi connectivity index (χ3v) is 3.96. The molecule has 0 bridgehead atoms. The molecule has 0 fully saturated rings. The summed E-state index contributed by atoms with van der Waals surface area (Å²) in [5.41, 5.74) is -0.517. The fourth-order valence-corrected chi connectivity index (χ4v) is 1.80. The first-order chi connectivity index (χ1) is 12.1. The van der Waals surface area contributed by atoms with Gasteiger partial charge in [-0.15, -0.1) is 0 Å². The van der Waals surface area contributed by atoms with E-state index in [1.54, 1.807) is 24.3 Å². The molecule has 7 heteroatoms. The Labute approximate surface area is 149 Å². The highest BCUT2D eigenvalue weighted by molar-refractivity contribution is 5.78. The maximum Gasteiger partial charge on any atom is 0.416 e. The zero-order valence-corrected chi connectivity index (χ0v) is 14.7. The number of hydrogen-bond acceptors (Lipinski definition) is 4. The highest BCUT2D eigenvalue weighted by Crippen LogP contribution is 2.31. The molecule has 0 unspecified atom stereocenters. The standard InChI is InChI=1S/C19H19F3N2O2/c1-4-18(2,3)17(25)26-16-11-9-15(10-12-16)24-23-14-7-5-13(6-8-14)19(20,21)22/h5-12H,4H2,1-3H3/b24-23+. The van der Waals surface area contributed by atoms with Crippen molar-refractivity contribution in [2.75, 3.05) is 0 Å². The van der Waals surface area contributed by atoms with Gasteiger partial charge in [0.2, 0.25) is 0 Å². The predicted octanol–water partition coefficient (Wildman–Crippen LogP) is 6.46. The van der Waals surface area contributed by atoms with Crippen LogP contribution >= 0.6 is 0 Å². The Kier molecular flexibility index (Phi) is 5.79. The molecule has 0 aromatic heterocycles. The number of esters is 1. The molecule has 138 valence electrons. The number of hydrogen-bond donors (Lipinski definition) is 0. The number of alkyl halides is 3.